The molecule has 3 rings (SSSR count). The van der Waals surface area contributed by atoms with E-state index in [4.69, 9.17) is 5.73 Å². The molecule has 1 aliphatic carbocycles. The third-order valence-corrected chi connectivity index (χ3v) is 4.14. The second-order valence-electron chi connectivity index (χ2n) is 5.74. The van der Waals surface area contributed by atoms with Gasteiger partial charge in [0, 0.05) is 31.2 Å². The fraction of sp³-hybridized carbons (Fsp3) is 0.714. The van der Waals surface area contributed by atoms with Gasteiger partial charge in [-0.05, 0) is 25.7 Å². The normalized spacial score (nSPS) is 24.7. The molecule has 5 nitrogen and oxygen atoms in total. The summed E-state index contributed by atoms with van der Waals surface area (Å²) in [7, 11) is 0. The third-order valence-electron chi connectivity index (χ3n) is 4.14. The summed E-state index contributed by atoms with van der Waals surface area (Å²) in [4.78, 5) is 11.0. The van der Waals surface area contributed by atoms with Gasteiger partial charge in [-0.25, -0.2) is 9.97 Å². The average Bonchev–Trinajstić information content (AvgIpc) is 2.92. The highest BCUT2D eigenvalue weighted by Crippen LogP contribution is 2.23. The Labute approximate surface area is 114 Å². The fourth-order valence-electron chi connectivity index (χ4n) is 3.10. The van der Waals surface area contributed by atoms with E-state index in [1.54, 1.807) is 6.33 Å². The molecule has 2 aliphatic rings. The van der Waals surface area contributed by atoms with Gasteiger partial charge < -0.3 is 16.0 Å². The van der Waals surface area contributed by atoms with E-state index in [1.165, 1.54) is 25.7 Å². The minimum Gasteiger partial charge on any atom is -0.367 e. The summed E-state index contributed by atoms with van der Waals surface area (Å²) in [5.41, 5.74) is 6.03. The molecule has 1 saturated heterocycles. The Bertz CT molecular complexity index is 416. The Morgan fingerprint density at radius 2 is 2.00 bits per heavy atom. The second kappa shape index (κ2) is 5.74. The highest BCUT2D eigenvalue weighted by molar-refractivity contribution is 5.49. The predicted octanol–water partition coefficient (Wildman–Crippen LogP) is 1.76. The van der Waals surface area contributed by atoms with Crippen LogP contribution in [0.4, 0.5) is 11.6 Å². The van der Waals surface area contributed by atoms with Crippen molar-refractivity contribution in [2.75, 3.05) is 23.3 Å². The van der Waals surface area contributed by atoms with E-state index in [2.05, 4.69) is 26.3 Å². The molecule has 5 heteroatoms. The van der Waals surface area contributed by atoms with Gasteiger partial charge in [-0.1, -0.05) is 12.8 Å². The molecule has 1 aromatic heterocycles. The van der Waals surface area contributed by atoms with Crippen molar-refractivity contribution >= 4 is 11.6 Å². The number of nitrogens with one attached hydrogen (secondary N) is 1. The molecule has 1 unspecified atom stereocenters. The lowest BCUT2D eigenvalue weighted by molar-refractivity contribution is 0.503. The van der Waals surface area contributed by atoms with Crippen molar-refractivity contribution in [2.24, 2.45) is 5.73 Å². The van der Waals surface area contributed by atoms with Crippen LogP contribution in [0.15, 0.2) is 12.4 Å². The first kappa shape index (κ1) is 12.7. The lowest BCUT2D eigenvalue weighted by Gasteiger charge is -2.31. The van der Waals surface area contributed by atoms with Crippen molar-refractivity contribution in [2.45, 2.75) is 50.6 Å². The number of rotatable bonds is 3. The molecule has 2 heterocycles. The molecule has 1 aliphatic heterocycles. The highest BCUT2D eigenvalue weighted by atomic mass is 15.2. The van der Waals surface area contributed by atoms with Crippen LogP contribution in [0.1, 0.15) is 38.5 Å². The zero-order chi connectivity index (χ0) is 13.1. The van der Waals surface area contributed by atoms with E-state index in [0.29, 0.717) is 6.04 Å². The number of hydrogen-bond acceptors (Lipinski definition) is 5. The standard InChI is InChI=1S/C14H23N5/c15-11-4-3-7-19(9-11)14-8-13(16-10-17-14)18-12-5-1-2-6-12/h8,10-12H,1-7,9,15H2,(H,16,17,18). The summed E-state index contributed by atoms with van der Waals surface area (Å²) < 4.78 is 0. The van der Waals surface area contributed by atoms with Crippen molar-refractivity contribution < 1.29 is 0 Å². The molecule has 0 aromatic carbocycles. The summed E-state index contributed by atoms with van der Waals surface area (Å²) in [6.45, 7) is 1.95. The summed E-state index contributed by atoms with van der Waals surface area (Å²) >= 11 is 0. The fourth-order valence-corrected chi connectivity index (χ4v) is 3.10. The van der Waals surface area contributed by atoms with Crippen LogP contribution in [-0.2, 0) is 0 Å². The third kappa shape index (κ3) is 3.15. The van der Waals surface area contributed by atoms with E-state index in [0.717, 1.165) is 37.6 Å². The second-order valence-corrected chi connectivity index (χ2v) is 5.74. The van der Waals surface area contributed by atoms with Crippen LogP contribution in [0.3, 0.4) is 0 Å². The molecule has 2 fully saturated rings. The van der Waals surface area contributed by atoms with Crippen LogP contribution in [0.2, 0.25) is 0 Å². The van der Waals surface area contributed by atoms with Gasteiger partial charge in [0.2, 0.25) is 0 Å². The van der Waals surface area contributed by atoms with Gasteiger partial charge in [-0.2, -0.15) is 0 Å². The van der Waals surface area contributed by atoms with Crippen molar-refractivity contribution in [3.63, 3.8) is 0 Å². The monoisotopic (exact) mass is 261 g/mol. The SMILES string of the molecule is NC1CCCN(c2cc(NC3CCCC3)ncn2)C1. The van der Waals surface area contributed by atoms with Gasteiger partial charge in [-0.3, -0.25) is 0 Å². The number of hydrogen-bond donors (Lipinski definition) is 2. The minimum absolute atomic E-state index is 0.273. The quantitative estimate of drug-likeness (QED) is 0.868. The van der Waals surface area contributed by atoms with Gasteiger partial charge in [0.05, 0.1) is 0 Å². The molecule has 19 heavy (non-hydrogen) atoms. The number of piperidine rings is 1. The largest absolute Gasteiger partial charge is 0.367 e. The Kier molecular flexibility index (Phi) is 3.82. The Morgan fingerprint density at radius 1 is 1.16 bits per heavy atom. The van der Waals surface area contributed by atoms with E-state index < -0.39 is 0 Å². The van der Waals surface area contributed by atoms with Crippen LogP contribution >= 0.6 is 0 Å². The van der Waals surface area contributed by atoms with E-state index >= 15 is 0 Å². The van der Waals surface area contributed by atoms with E-state index in [1.807, 2.05) is 0 Å². The van der Waals surface area contributed by atoms with Crippen LogP contribution in [-0.4, -0.2) is 35.1 Å². The van der Waals surface area contributed by atoms with E-state index in [9.17, 15) is 0 Å². The number of anilines is 2. The van der Waals surface area contributed by atoms with Crippen molar-refractivity contribution in [3.05, 3.63) is 12.4 Å². The van der Waals surface area contributed by atoms with Crippen LogP contribution < -0.4 is 16.0 Å². The zero-order valence-corrected chi connectivity index (χ0v) is 11.4. The smallest absolute Gasteiger partial charge is 0.134 e. The van der Waals surface area contributed by atoms with Gasteiger partial charge in [0.15, 0.2) is 0 Å². The van der Waals surface area contributed by atoms with Crippen molar-refractivity contribution in [1.29, 1.82) is 0 Å². The van der Waals surface area contributed by atoms with Gasteiger partial charge in [0.1, 0.15) is 18.0 Å². The average molecular weight is 261 g/mol. The molecule has 0 radical (unpaired) electrons. The van der Waals surface area contributed by atoms with Crippen LogP contribution in [0.25, 0.3) is 0 Å². The molecule has 1 saturated carbocycles. The van der Waals surface area contributed by atoms with Crippen LogP contribution in [0, 0.1) is 0 Å². The van der Waals surface area contributed by atoms with E-state index in [-0.39, 0.29) is 6.04 Å². The molecule has 0 amide bonds. The van der Waals surface area contributed by atoms with Gasteiger partial charge >= 0.3 is 0 Å². The number of nitrogens with zero attached hydrogens (tertiary/aromatic N) is 3. The minimum atomic E-state index is 0.273. The lowest BCUT2D eigenvalue weighted by Crippen LogP contribution is -2.43. The molecule has 1 atom stereocenters. The molecule has 3 N–H and O–H groups in total. The van der Waals surface area contributed by atoms with Crippen molar-refractivity contribution in [1.82, 2.24) is 9.97 Å². The Hall–Kier alpha value is -1.36. The zero-order valence-electron chi connectivity index (χ0n) is 11.4. The van der Waals surface area contributed by atoms with Gasteiger partial charge in [-0.15, -0.1) is 0 Å². The molecule has 1 aromatic rings. The Balaban J connectivity index is 1.68. The number of nitrogens with two attached hydrogens (primary N) is 1. The first-order valence-electron chi connectivity index (χ1n) is 7.40. The molecule has 0 bridgehead atoms. The summed E-state index contributed by atoms with van der Waals surface area (Å²) in [5.74, 6) is 1.96. The number of aromatic nitrogens is 2. The molecule has 104 valence electrons. The maximum atomic E-state index is 6.03. The molecular formula is C14H23N5. The topological polar surface area (TPSA) is 67.1 Å². The summed E-state index contributed by atoms with van der Waals surface area (Å²) in [6.07, 6.45) is 9.10. The van der Waals surface area contributed by atoms with Crippen LogP contribution in [0.5, 0.6) is 0 Å². The van der Waals surface area contributed by atoms with Gasteiger partial charge in [0.25, 0.3) is 0 Å². The van der Waals surface area contributed by atoms with Crippen molar-refractivity contribution in [3.8, 4) is 0 Å². The molecular weight excluding hydrogens is 238 g/mol. The first-order valence-corrected chi connectivity index (χ1v) is 7.40. The Morgan fingerprint density at radius 3 is 2.79 bits per heavy atom. The summed E-state index contributed by atoms with van der Waals surface area (Å²) in [5, 5.41) is 3.52. The lowest BCUT2D eigenvalue weighted by atomic mass is 10.1. The maximum absolute atomic E-state index is 6.03. The first-order chi connectivity index (χ1) is 9.31. The maximum Gasteiger partial charge on any atom is 0.134 e. The molecule has 0 spiro atoms. The predicted molar refractivity (Wildman–Crippen MR) is 77.3 cm³/mol. The highest BCUT2D eigenvalue weighted by Gasteiger charge is 2.19. The summed E-state index contributed by atoms with van der Waals surface area (Å²) in [6, 6.07) is 2.93.